The zero-order chi connectivity index (χ0) is 46.2. The maximum atomic E-state index is 8.49. The van der Waals surface area contributed by atoms with Crippen molar-refractivity contribution in [3.05, 3.63) is 174 Å². The number of hydrogen-bond donors (Lipinski definition) is 0. The largest absolute Gasteiger partial charge is 0.509 e. The van der Waals surface area contributed by atoms with E-state index in [1.807, 2.05) is 59.6 Å². The zero-order valence-electron chi connectivity index (χ0n) is 40.9. The fourth-order valence-electron chi connectivity index (χ4n) is 8.32. The van der Waals surface area contributed by atoms with Crippen molar-refractivity contribution >= 4 is 44.6 Å². The fourth-order valence-corrected chi connectivity index (χ4v) is 8.32. The van der Waals surface area contributed by atoms with Crippen LogP contribution in [0.2, 0.25) is 0 Å². The van der Waals surface area contributed by atoms with E-state index in [1.165, 1.54) is 29.3 Å². The minimum absolute atomic E-state index is 0. The van der Waals surface area contributed by atoms with E-state index in [0.29, 0.717) is 28.6 Å². The van der Waals surface area contributed by atoms with Crippen LogP contribution in [0.15, 0.2) is 128 Å². The van der Waals surface area contributed by atoms with Crippen LogP contribution in [0.4, 0.5) is 22.7 Å². The van der Waals surface area contributed by atoms with Gasteiger partial charge in [0, 0.05) is 69.6 Å². The molecule has 0 unspecified atom stereocenters. The van der Waals surface area contributed by atoms with Crippen LogP contribution in [0.5, 0.6) is 11.5 Å². The summed E-state index contributed by atoms with van der Waals surface area (Å²) < 4.78 is 60.0. The van der Waals surface area contributed by atoms with Gasteiger partial charge in [0.1, 0.15) is 5.82 Å². The number of rotatable bonds is 8. The summed E-state index contributed by atoms with van der Waals surface area (Å²) in [5.41, 5.74) is 9.22. The van der Waals surface area contributed by atoms with E-state index >= 15 is 0 Å². The standard InChI is InChI=1S/C54H51N4O.Pt/c1-34(2)43-19-15-20-44(35(3)4)52(43)38-28-40(56-33-57(49-23-13-12-22-48(49)56)53-36(5)16-14-17-37(53)6)31-42(29-38)59-41-24-25-46-45-18-10-11-21-47(45)58(50(46)32-41)51-30-39(26-27-55-51)54(7,8)9;/h10-30,33-35H,1-9H3;/q-3;/i5D3,6D3;. The normalized spacial score (nSPS) is 14.7. The minimum Gasteiger partial charge on any atom is -0.509 e. The predicted molar refractivity (Wildman–Crippen MR) is 246 cm³/mol. The minimum atomic E-state index is -2.59. The molecule has 6 aromatic carbocycles. The third-order valence-corrected chi connectivity index (χ3v) is 11.3. The quantitative estimate of drug-likeness (QED) is 0.142. The first-order chi connectivity index (χ1) is 30.8. The van der Waals surface area contributed by atoms with E-state index < -0.39 is 13.7 Å². The van der Waals surface area contributed by atoms with Crippen molar-refractivity contribution in [1.29, 1.82) is 0 Å². The van der Waals surface area contributed by atoms with Crippen molar-refractivity contribution < 1.29 is 34.0 Å². The third kappa shape index (κ3) is 7.32. The summed E-state index contributed by atoms with van der Waals surface area (Å²) in [5, 5.41) is 2.09. The molecule has 0 fully saturated rings. The van der Waals surface area contributed by atoms with Crippen LogP contribution in [0.1, 0.15) is 96.3 Å². The molecular weight excluding hydrogens is 916 g/mol. The van der Waals surface area contributed by atoms with E-state index in [1.54, 1.807) is 11.6 Å². The van der Waals surface area contributed by atoms with Crippen LogP contribution in [0, 0.1) is 32.5 Å². The van der Waals surface area contributed by atoms with Crippen molar-refractivity contribution in [2.75, 3.05) is 9.80 Å². The Balaban J connectivity index is 0.00000592. The van der Waals surface area contributed by atoms with Crippen molar-refractivity contribution in [2.24, 2.45) is 0 Å². The molecular formula is C54H51N4OPt-3. The second-order valence-electron chi connectivity index (χ2n) is 17.0. The van der Waals surface area contributed by atoms with Gasteiger partial charge < -0.3 is 19.1 Å². The Morgan fingerprint density at radius 3 is 2.03 bits per heavy atom. The summed E-state index contributed by atoms with van der Waals surface area (Å²) in [6, 6.07) is 46.3. The summed E-state index contributed by atoms with van der Waals surface area (Å²) in [6.07, 6.45) is 1.86. The second kappa shape index (κ2) is 16.1. The van der Waals surface area contributed by atoms with Crippen molar-refractivity contribution in [3.8, 4) is 28.4 Å². The van der Waals surface area contributed by atoms with E-state index in [0.717, 1.165) is 44.3 Å². The summed E-state index contributed by atoms with van der Waals surface area (Å²) in [5.74, 6) is 2.11. The Labute approximate surface area is 378 Å². The molecule has 306 valence electrons. The monoisotopic (exact) mass is 972 g/mol. The molecule has 1 aliphatic heterocycles. The second-order valence-corrected chi connectivity index (χ2v) is 17.0. The molecule has 3 heterocycles. The molecule has 60 heavy (non-hydrogen) atoms. The molecule has 1 aliphatic rings. The van der Waals surface area contributed by atoms with Crippen molar-refractivity contribution in [1.82, 2.24) is 9.55 Å². The van der Waals surface area contributed by atoms with Gasteiger partial charge in [-0.25, -0.2) is 4.98 Å². The van der Waals surface area contributed by atoms with Gasteiger partial charge >= 0.3 is 0 Å². The Kier molecular flexibility index (Phi) is 9.15. The number of anilines is 4. The van der Waals surface area contributed by atoms with Crippen LogP contribution in [0.3, 0.4) is 0 Å². The molecule has 5 nitrogen and oxygen atoms in total. The van der Waals surface area contributed by atoms with E-state index in [2.05, 4.69) is 120 Å². The van der Waals surface area contributed by atoms with Crippen molar-refractivity contribution in [2.45, 2.75) is 79.4 Å². The summed E-state index contributed by atoms with van der Waals surface area (Å²) >= 11 is 0. The average molecular weight is 973 g/mol. The zero-order valence-corrected chi connectivity index (χ0v) is 37.1. The van der Waals surface area contributed by atoms with Crippen LogP contribution >= 0.6 is 0 Å². The van der Waals surface area contributed by atoms with E-state index in [4.69, 9.17) is 17.9 Å². The number of para-hydroxylation sites is 4. The van der Waals surface area contributed by atoms with Gasteiger partial charge in [0.2, 0.25) is 0 Å². The third-order valence-electron chi connectivity index (χ3n) is 11.3. The number of pyridine rings is 1. The summed E-state index contributed by atoms with van der Waals surface area (Å²) in [7, 11) is 0. The SMILES string of the molecule is [2H]C([2H])([2H])c1cccc(C([2H])([2H])[2H])c1N1[CH-]N(c2[c-]c(Oc3[c-]c4c(cc3)c3ccccc3n4-c3cc(C(C)(C)C)ccn3)cc(-c3c(C(C)C)cccc3C(C)C)c2)c2ccccc21.[Pt]. The molecule has 9 rings (SSSR count). The number of hydrogen-bond acceptors (Lipinski definition) is 4. The molecule has 0 bridgehead atoms. The Morgan fingerprint density at radius 2 is 1.35 bits per heavy atom. The molecule has 0 aliphatic carbocycles. The number of benzene rings is 6. The molecule has 0 radical (unpaired) electrons. The topological polar surface area (TPSA) is 33.5 Å². The Bertz CT molecular complexity index is 3050. The molecule has 0 spiro atoms. The molecule has 8 aromatic rings. The molecule has 2 aromatic heterocycles. The first kappa shape index (κ1) is 34.1. The smallest absolute Gasteiger partial charge is 0.135 e. The summed E-state index contributed by atoms with van der Waals surface area (Å²) in [4.78, 5) is 8.47. The Hall–Kier alpha value is -5.64. The molecule has 0 amide bonds. The molecule has 6 heteroatoms. The summed E-state index contributed by atoms with van der Waals surface area (Å²) in [6.45, 7) is 11.9. The van der Waals surface area contributed by atoms with Gasteiger partial charge in [0.05, 0.1) is 0 Å². The first-order valence-corrected chi connectivity index (χ1v) is 20.3. The molecule has 0 N–H and O–H groups in total. The first-order valence-electron chi connectivity index (χ1n) is 23.3. The number of ether oxygens (including phenoxy) is 1. The van der Waals surface area contributed by atoms with Gasteiger partial charge in [-0.2, -0.15) is 6.07 Å². The number of fused-ring (bicyclic) bond motifs is 4. The van der Waals surface area contributed by atoms with Crippen LogP contribution in [0.25, 0.3) is 38.8 Å². The molecule has 0 atom stereocenters. The van der Waals surface area contributed by atoms with Gasteiger partial charge in [-0.1, -0.05) is 121 Å². The van der Waals surface area contributed by atoms with Gasteiger partial charge in [0.15, 0.2) is 0 Å². The van der Waals surface area contributed by atoms with Gasteiger partial charge in [-0.15, -0.1) is 53.6 Å². The van der Waals surface area contributed by atoms with Crippen molar-refractivity contribution in [3.63, 3.8) is 0 Å². The predicted octanol–water partition coefficient (Wildman–Crippen LogP) is 14.8. The maximum absolute atomic E-state index is 8.49. The number of aromatic nitrogens is 2. The maximum Gasteiger partial charge on any atom is 0.135 e. The average Bonchev–Trinajstić information content (AvgIpc) is 3.81. The number of aryl methyl sites for hydroxylation is 2. The number of nitrogens with zero attached hydrogens (tertiary/aromatic N) is 4. The van der Waals surface area contributed by atoms with E-state index in [-0.39, 0.29) is 55.1 Å². The van der Waals surface area contributed by atoms with Gasteiger partial charge in [0.25, 0.3) is 0 Å². The van der Waals surface area contributed by atoms with Gasteiger partial charge in [-0.05, 0) is 100 Å². The fraction of sp³-hybridized carbons (Fsp3) is 0.222. The Morgan fingerprint density at radius 1 is 0.683 bits per heavy atom. The van der Waals surface area contributed by atoms with E-state index in [9.17, 15) is 0 Å². The molecule has 0 saturated carbocycles. The molecule has 0 saturated heterocycles. The van der Waals surface area contributed by atoms with Gasteiger partial charge in [-0.3, -0.25) is 0 Å². The van der Waals surface area contributed by atoms with Crippen LogP contribution in [-0.4, -0.2) is 9.55 Å². The van der Waals surface area contributed by atoms with Crippen LogP contribution in [-0.2, 0) is 26.5 Å². The van der Waals surface area contributed by atoms with Crippen LogP contribution < -0.4 is 14.5 Å².